The largest absolute Gasteiger partial charge is 0.454 e. The van der Waals surface area contributed by atoms with E-state index in [4.69, 9.17) is 19.9 Å². The molecule has 2 aromatic rings. The Labute approximate surface area is 168 Å². The number of carbonyl (C=O) groups excluding carboxylic acids is 1. The molecule has 1 saturated heterocycles. The highest BCUT2D eigenvalue weighted by atomic mass is 19.1. The van der Waals surface area contributed by atoms with Gasteiger partial charge in [-0.25, -0.2) is 9.18 Å². The number of aliphatic hydroxyl groups excluding tert-OH is 2. The second-order valence-electron chi connectivity index (χ2n) is 6.91. The van der Waals surface area contributed by atoms with E-state index in [0.29, 0.717) is 11.5 Å². The Balaban J connectivity index is 1.41. The van der Waals surface area contributed by atoms with Gasteiger partial charge in [0.05, 0.1) is 19.2 Å². The first-order chi connectivity index (χ1) is 14.3. The van der Waals surface area contributed by atoms with E-state index < -0.39 is 47.6 Å². The van der Waals surface area contributed by atoms with E-state index in [1.165, 1.54) is 12.1 Å². The third-order valence-electron chi connectivity index (χ3n) is 4.94. The van der Waals surface area contributed by atoms with Crippen LogP contribution in [0.25, 0.3) is 0 Å². The number of ether oxygens (including phenoxy) is 3. The highest BCUT2D eigenvalue weighted by Crippen LogP contribution is 2.32. The lowest BCUT2D eigenvalue weighted by Gasteiger charge is -2.38. The van der Waals surface area contributed by atoms with Gasteiger partial charge in [-0.3, -0.25) is 9.36 Å². The fraction of sp³-hybridized carbons (Fsp3) is 0.389. The number of fused-ring (bicyclic) bond motifs is 1. The molecule has 12 heteroatoms. The summed E-state index contributed by atoms with van der Waals surface area (Å²) in [7, 11) is 0. The smallest absolute Gasteiger partial charge is 0.349 e. The number of carbonyl (C=O) groups is 1. The summed E-state index contributed by atoms with van der Waals surface area (Å²) in [6.07, 6.45) is -3.01. The number of halogens is 1. The number of hydrogen-bond acceptors (Lipinski definition) is 9. The molecule has 0 radical (unpaired) electrons. The van der Waals surface area contributed by atoms with Crippen LogP contribution in [-0.2, 0) is 11.3 Å². The van der Waals surface area contributed by atoms with Gasteiger partial charge in [-0.05, 0) is 18.2 Å². The maximum Gasteiger partial charge on any atom is 0.349 e. The van der Waals surface area contributed by atoms with Gasteiger partial charge >= 0.3 is 5.69 Å². The summed E-state index contributed by atoms with van der Waals surface area (Å²) in [6.45, 7) is -0.331. The molecular weight excluding hydrogens is 403 g/mol. The van der Waals surface area contributed by atoms with Crippen molar-refractivity contribution >= 4 is 11.7 Å². The standard InChI is InChI=1S/C18H19FN4O7/c19-9-4-23(18(27)22-16(9)20)5-13-15(25)14(24)10(6-28-13)21-17(26)8-1-2-11-12(3-8)30-7-29-11/h1-4,10,13-15,24-25H,5-7H2,(H,21,26)(H2,20,22,27)/t10-,13-,14+,15-/m1/s1. The number of nitrogens with one attached hydrogen (secondary N) is 1. The first-order valence-corrected chi connectivity index (χ1v) is 9.04. The van der Waals surface area contributed by atoms with Crippen LogP contribution in [-0.4, -0.2) is 63.4 Å². The third-order valence-corrected chi connectivity index (χ3v) is 4.94. The summed E-state index contributed by atoms with van der Waals surface area (Å²) in [5.41, 5.74) is 4.69. The zero-order valence-electron chi connectivity index (χ0n) is 15.5. The zero-order chi connectivity index (χ0) is 21.4. The lowest BCUT2D eigenvalue weighted by atomic mass is 9.97. The van der Waals surface area contributed by atoms with Crippen LogP contribution in [0.1, 0.15) is 10.4 Å². The Morgan fingerprint density at radius 1 is 1.30 bits per heavy atom. The predicted molar refractivity (Wildman–Crippen MR) is 98.4 cm³/mol. The van der Waals surface area contributed by atoms with Crippen molar-refractivity contribution in [2.75, 3.05) is 19.1 Å². The van der Waals surface area contributed by atoms with Crippen LogP contribution in [0, 0.1) is 5.82 Å². The molecule has 5 N–H and O–H groups in total. The van der Waals surface area contributed by atoms with Gasteiger partial charge in [0.1, 0.15) is 18.3 Å². The molecular formula is C18H19FN4O7. The van der Waals surface area contributed by atoms with Crippen molar-refractivity contribution in [2.24, 2.45) is 0 Å². The summed E-state index contributed by atoms with van der Waals surface area (Å²) in [4.78, 5) is 27.6. The molecule has 1 aromatic heterocycles. The van der Waals surface area contributed by atoms with E-state index in [1.54, 1.807) is 6.07 Å². The van der Waals surface area contributed by atoms with Gasteiger partial charge in [0.25, 0.3) is 5.91 Å². The van der Waals surface area contributed by atoms with Gasteiger partial charge in [0.15, 0.2) is 23.1 Å². The van der Waals surface area contributed by atoms with Crippen LogP contribution in [0.5, 0.6) is 11.5 Å². The first kappa shape index (κ1) is 20.1. The van der Waals surface area contributed by atoms with Crippen molar-refractivity contribution in [3.05, 3.63) is 46.3 Å². The number of rotatable bonds is 4. The van der Waals surface area contributed by atoms with Crippen molar-refractivity contribution in [1.29, 1.82) is 0 Å². The number of benzene rings is 1. The molecule has 1 aromatic carbocycles. The molecule has 1 fully saturated rings. The third kappa shape index (κ3) is 3.79. The maximum absolute atomic E-state index is 13.6. The average molecular weight is 422 g/mol. The lowest BCUT2D eigenvalue weighted by molar-refractivity contribution is -0.152. The minimum Gasteiger partial charge on any atom is -0.454 e. The van der Waals surface area contributed by atoms with Gasteiger partial charge in [-0.2, -0.15) is 4.98 Å². The van der Waals surface area contributed by atoms with E-state index in [-0.39, 0.29) is 25.5 Å². The lowest BCUT2D eigenvalue weighted by Crippen LogP contribution is -2.60. The van der Waals surface area contributed by atoms with Crippen LogP contribution < -0.4 is 26.2 Å². The van der Waals surface area contributed by atoms with Gasteiger partial charge in [0, 0.05) is 11.8 Å². The van der Waals surface area contributed by atoms with Gasteiger partial charge in [0.2, 0.25) is 6.79 Å². The van der Waals surface area contributed by atoms with Crippen LogP contribution in [0.15, 0.2) is 29.2 Å². The first-order valence-electron chi connectivity index (χ1n) is 9.04. The summed E-state index contributed by atoms with van der Waals surface area (Å²) in [6, 6.07) is 3.72. The molecule has 3 heterocycles. The highest BCUT2D eigenvalue weighted by Gasteiger charge is 2.39. The molecule has 4 atom stereocenters. The monoisotopic (exact) mass is 422 g/mol. The van der Waals surface area contributed by atoms with Crippen LogP contribution in [0.2, 0.25) is 0 Å². The fourth-order valence-electron chi connectivity index (χ4n) is 3.26. The molecule has 11 nitrogen and oxygen atoms in total. The Morgan fingerprint density at radius 2 is 2.07 bits per heavy atom. The second kappa shape index (κ2) is 7.89. The Morgan fingerprint density at radius 3 is 2.87 bits per heavy atom. The number of aliphatic hydroxyl groups is 2. The minimum atomic E-state index is -1.45. The highest BCUT2D eigenvalue weighted by molar-refractivity contribution is 5.95. The Hall–Kier alpha value is -3.22. The number of anilines is 1. The van der Waals surface area contributed by atoms with Crippen LogP contribution in [0.4, 0.5) is 10.2 Å². The maximum atomic E-state index is 13.6. The molecule has 2 aliphatic heterocycles. The number of aromatic nitrogens is 2. The summed E-state index contributed by atoms with van der Waals surface area (Å²) < 4.78 is 30.4. The summed E-state index contributed by atoms with van der Waals surface area (Å²) in [5.74, 6) is -0.984. The Bertz CT molecular complexity index is 1030. The van der Waals surface area contributed by atoms with Gasteiger partial charge < -0.3 is 35.5 Å². The molecule has 0 saturated carbocycles. The Kier molecular flexibility index (Phi) is 5.28. The van der Waals surface area contributed by atoms with Crippen molar-refractivity contribution in [1.82, 2.24) is 14.9 Å². The average Bonchev–Trinajstić information content (AvgIpc) is 3.19. The topological polar surface area (TPSA) is 158 Å². The molecule has 0 spiro atoms. The second-order valence-corrected chi connectivity index (χ2v) is 6.91. The van der Waals surface area contributed by atoms with Crippen molar-refractivity contribution in [3.8, 4) is 11.5 Å². The van der Waals surface area contributed by atoms with Crippen molar-refractivity contribution < 1.29 is 33.6 Å². The normalized spacial score (nSPS) is 25.2. The molecule has 4 rings (SSSR count). The SMILES string of the molecule is Nc1nc(=O)n(C[C@H]2OC[C@@H](NC(=O)c3ccc4c(c3)OCO4)[C@H](O)[C@@H]2O)cc1F. The van der Waals surface area contributed by atoms with Crippen molar-refractivity contribution in [2.45, 2.75) is 30.9 Å². The van der Waals surface area contributed by atoms with Crippen molar-refractivity contribution in [3.63, 3.8) is 0 Å². The van der Waals surface area contributed by atoms with Gasteiger partial charge in [-0.1, -0.05) is 0 Å². The number of nitrogens with zero attached hydrogens (tertiary/aromatic N) is 2. The van der Waals surface area contributed by atoms with Crippen LogP contribution in [0.3, 0.4) is 0 Å². The number of hydrogen-bond donors (Lipinski definition) is 4. The molecule has 0 unspecified atom stereocenters. The molecule has 30 heavy (non-hydrogen) atoms. The predicted octanol–water partition coefficient (Wildman–Crippen LogP) is -1.39. The number of amides is 1. The van der Waals surface area contributed by atoms with Crippen LogP contribution >= 0.6 is 0 Å². The van der Waals surface area contributed by atoms with E-state index in [9.17, 15) is 24.2 Å². The molecule has 2 aliphatic rings. The molecule has 160 valence electrons. The van der Waals surface area contributed by atoms with E-state index in [0.717, 1.165) is 10.8 Å². The fourth-order valence-corrected chi connectivity index (χ4v) is 3.26. The zero-order valence-corrected chi connectivity index (χ0v) is 15.5. The minimum absolute atomic E-state index is 0.0691. The number of nitrogen functional groups attached to an aromatic ring is 1. The molecule has 0 aliphatic carbocycles. The molecule has 1 amide bonds. The summed E-state index contributed by atoms with van der Waals surface area (Å²) >= 11 is 0. The van der Waals surface area contributed by atoms with E-state index in [2.05, 4.69) is 10.3 Å². The quantitative estimate of drug-likeness (QED) is 0.466. The van der Waals surface area contributed by atoms with E-state index >= 15 is 0 Å². The summed E-state index contributed by atoms with van der Waals surface area (Å²) in [5, 5.41) is 23.4. The number of nitrogens with two attached hydrogens (primary N) is 1. The van der Waals surface area contributed by atoms with Gasteiger partial charge in [-0.15, -0.1) is 0 Å². The van der Waals surface area contributed by atoms with E-state index in [1.807, 2.05) is 0 Å². The molecule has 0 bridgehead atoms.